The number of aromatic nitrogens is 2. The number of carbonyl (C=O) groups is 1. The highest BCUT2D eigenvalue weighted by atomic mass is 35.5. The summed E-state index contributed by atoms with van der Waals surface area (Å²) in [6.07, 6.45) is 1.01. The van der Waals surface area contributed by atoms with E-state index in [9.17, 15) is 10.1 Å². The van der Waals surface area contributed by atoms with Crippen molar-refractivity contribution in [2.24, 2.45) is 0 Å². The Morgan fingerprint density at radius 1 is 1.25 bits per heavy atom. The summed E-state index contributed by atoms with van der Waals surface area (Å²) in [7, 11) is 0. The Bertz CT molecular complexity index is 1060. The van der Waals surface area contributed by atoms with E-state index in [0.29, 0.717) is 53.9 Å². The van der Waals surface area contributed by atoms with Crippen molar-refractivity contribution in [3.63, 3.8) is 0 Å². The molecule has 1 fully saturated rings. The normalized spacial score (nSPS) is 15.8. The van der Waals surface area contributed by atoms with Gasteiger partial charge in [-0.1, -0.05) is 29.8 Å². The molecule has 2 heterocycles. The summed E-state index contributed by atoms with van der Waals surface area (Å²) in [6, 6.07) is 7.94. The lowest BCUT2D eigenvalue weighted by atomic mass is 9.90. The number of rotatable bonds is 3. The minimum absolute atomic E-state index is 0.306. The van der Waals surface area contributed by atoms with E-state index < -0.39 is 11.7 Å². The fourth-order valence-electron chi connectivity index (χ4n) is 3.82. The summed E-state index contributed by atoms with van der Waals surface area (Å²) in [4.78, 5) is 23.5. The van der Waals surface area contributed by atoms with Gasteiger partial charge in [-0.15, -0.1) is 0 Å². The number of halogens is 1. The van der Waals surface area contributed by atoms with Crippen LogP contribution in [0, 0.1) is 25.2 Å². The van der Waals surface area contributed by atoms with E-state index in [0.717, 1.165) is 11.1 Å². The van der Waals surface area contributed by atoms with E-state index in [4.69, 9.17) is 21.3 Å². The number of nitriles is 1. The van der Waals surface area contributed by atoms with Crippen LogP contribution in [-0.2, 0) is 4.74 Å². The van der Waals surface area contributed by atoms with Crippen LogP contribution in [0.1, 0.15) is 57.5 Å². The van der Waals surface area contributed by atoms with Crippen molar-refractivity contribution in [3.05, 3.63) is 40.2 Å². The van der Waals surface area contributed by atoms with Crippen LogP contribution in [-0.4, -0.2) is 40.3 Å². The second kappa shape index (κ2) is 8.95. The predicted molar refractivity (Wildman–Crippen MR) is 126 cm³/mol. The van der Waals surface area contributed by atoms with E-state index in [-0.39, 0.29) is 5.54 Å². The van der Waals surface area contributed by atoms with E-state index in [1.165, 1.54) is 0 Å². The molecule has 3 rings (SSSR count). The maximum absolute atomic E-state index is 12.2. The first-order chi connectivity index (χ1) is 14.9. The van der Waals surface area contributed by atoms with E-state index in [1.54, 1.807) is 0 Å². The third kappa shape index (κ3) is 5.31. The van der Waals surface area contributed by atoms with Crippen molar-refractivity contribution in [1.29, 1.82) is 5.26 Å². The fraction of sp³-hybridized carbons (Fsp3) is 0.500. The third-order valence-corrected chi connectivity index (χ3v) is 6.10. The van der Waals surface area contributed by atoms with Gasteiger partial charge in [0.15, 0.2) is 5.69 Å². The molecular formula is C24H30ClN5O2. The third-order valence-electron chi connectivity index (χ3n) is 5.60. The molecule has 1 aliphatic rings. The fourth-order valence-corrected chi connectivity index (χ4v) is 4.04. The molecule has 1 amide bonds. The summed E-state index contributed by atoms with van der Waals surface area (Å²) < 4.78 is 5.40. The van der Waals surface area contributed by atoms with Crippen LogP contribution in [0.2, 0.25) is 5.02 Å². The quantitative estimate of drug-likeness (QED) is 0.686. The number of ether oxygens (including phenoxy) is 1. The molecule has 8 heteroatoms. The average Bonchev–Trinajstić information content (AvgIpc) is 2.68. The first kappa shape index (κ1) is 23.8. The van der Waals surface area contributed by atoms with E-state index >= 15 is 0 Å². The number of piperidine rings is 1. The minimum atomic E-state index is -0.540. The number of nitrogens with one attached hydrogen (secondary N) is 1. The number of hydrogen-bond acceptors (Lipinski definition) is 6. The zero-order valence-electron chi connectivity index (χ0n) is 19.5. The topological polar surface area (TPSA) is 91.1 Å². The molecule has 0 saturated carbocycles. The zero-order valence-corrected chi connectivity index (χ0v) is 20.3. The largest absolute Gasteiger partial charge is 0.444 e. The molecule has 0 bridgehead atoms. The van der Waals surface area contributed by atoms with Gasteiger partial charge in [0.1, 0.15) is 11.7 Å². The molecule has 1 N–H and O–H groups in total. The molecule has 0 aliphatic carbocycles. The van der Waals surface area contributed by atoms with Crippen LogP contribution in [0.5, 0.6) is 0 Å². The van der Waals surface area contributed by atoms with Gasteiger partial charge in [-0.25, -0.2) is 14.8 Å². The highest BCUT2D eigenvalue weighted by Gasteiger charge is 2.34. The lowest BCUT2D eigenvalue weighted by Gasteiger charge is -2.40. The minimum Gasteiger partial charge on any atom is -0.444 e. The second-order valence-corrected chi connectivity index (χ2v) is 9.93. The van der Waals surface area contributed by atoms with E-state index in [1.807, 2.05) is 64.6 Å². The first-order valence-electron chi connectivity index (χ1n) is 10.7. The first-order valence-corrected chi connectivity index (χ1v) is 11.1. The Morgan fingerprint density at radius 3 is 2.50 bits per heavy atom. The number of anilines is 1. The van der Waals surface area contributed by atoms with Gasteiger partial charge < -0.3 is 15.0 Å². The molecule has 170 valence electrons. The van der Waals surface area contributed by atoms with Crippen molar-refractivity contribution in [2.45, 2.75) is 65.5 Å². The summed E-state index contributed by atoms with van der Waals surface area (Å²) in [6.45, 7) is 12.7. The Balaban J connectivity index is 1.79. The van der Waals surface area contributed by atoms with Crippen molar-refractivity contribution in [1.82, 2.24) is 15.3 Å². The molecule has 1 saturated heterocycles. The van der Waals surface area contributed by atoms with Crippen molar-refractivity contribution >= 4 is 23.6 Å². The number of carbonyl (C=O) groups excluding carboxylic acids is 1. The van der Waals surface area contributed by atoms with E-state index in [2.05, 4.69) is 16.4 Å². The van der Waals surface area contributed by atoms with Crippen LogP contribution in [0.4, 0.5) is 10.7 Å². The maximum atomic E-state index is 12.2. The Labute approximate surface area is 194 Å². The summed E-state index contributed by atoms with van der Waals surface area (Å²) >= 11 is 6.51. The number of amides is 1. The molecule has 1 aliphatic heterocycles. The predicted octanol–water partition coefficient (Wildman–Crippen LogP) is 5.17. The zero-order chi connectivity index (χ0) is 23.7. The lowest BCUT2D eigenvalue weighted by molar-refractivity contribution is 0.0448. The Hall–Kier alpha value is -2.85. The van der Waals surface area contributed by atoms with Crippen LogP contribution in [0.3, 0.4) is 0 Å². The molecular weight excluding hydrogens is 426 g/mol. The van der Waals surface area contributed by atoms with Gasteiger partial charge in [-0.3, -0.25) is 0 Å². The number of aryl methyl sites for hydroxylation is 2. The van der Waals surface area contributed by atoms with Gasteiger partial charge in [-0.05, 0) is 59.9 Å². The SMILES string of the molecule is Cc1cccc(-c2c(C)nc(N3CCC(C)(NC(=O)OC(C)(C)C)CC3)nc2C#N)c1Cl. The molecule has 0 radical (unpaired) electrons. The standard InChI is InChI=1S/C24H30ClN5O2/c1-15-8-7-9-17(20(15)25)19-16(2)27-21(28-18(19)14-26)30-12-10-24(6,11-13-30)29-22(31)32-23(3,4)5/h7-9H,10-13H2,1-6H3,(H,29,31). The summed E-state index contributed by atoms with van der Waals surface area (Å²) in [5.74, 6) is 0.519. The highest BCUT2D eigenvalue weighted by Crippen LogP contribution is 2.35. The van der Waals surface area contributed by atoms with Crippen LogP contribution >= 0.6 is 11.6 Å². The van der Waals surface area contributed by atoms with Gasteiger partial charge in [0, 0.05) is 29.8 Å². The molecule has 0 atom stereocenters. The van der Waals surface area contributed by atoms with Gasteiger partial charge >= 0.3 is 6.09 Å². The molecule has 0 spiro atoms. The second-order valence-electron chi connectivity index (χ2n) is 9.56. The molecule has 0 unspecified atom stereocenters. The lowest BCUT2D eigenvalue weighted by Crippen LogP contribution is -2.54. The van der Waals surface area contributed by atoms with Crippen LogP contribution in [0.25, 0.3) is 11.1 Å². The van der Waals surface area contributed by atoms with Crippen molar-refractivity contribution in [2.75, 3.05) is 18.0 Å². The summed E-state index contributed by atoms with van der Waals surface area (Å²) in [5, 5.41) is 13.4. The van der Waals surface area contributed by atoms with Crippen molar-refractivity contribution < 1.29 is 9.53 Å². The Morgan fingerprint density at radius 2 is 1.91 bits per heavy atom. The molecule has 32 heavy (non-hydrogen) atoms. The van der Waals surface area contributed by atoms with Gasteiger partial charge in [0.25, 0.3) is 0 Å². The van der Waals surface area contributed by atoms with Gasteiger partial charge in [0.05, 0.1) is 10.7 Å². The highest BCUT2D eigenvalue weighted by molar-refractivity contribution is 6.34. The van der Waals surface area contributed by atoms with Crippen molar-refractivity contribution in [3.8, 4) is 17.2 Å². The molecule has 2 aromatic rings. The number of nitrogens with zero attached hydrogens (tertiary/aromatic N) is 4. The molecule has 1 aromatic heterocycles. The Kier molecular flexibility index (Phi) is 6.66. The summed E-state index contributed by atoms with van der Waals surface area (Å²) in [5.41, 5.74) is 2.46. The smallest absolute Gasteiger partial charge is 0.408 e. The number of alkyl carbamates (subject to hydrolysis) is 1. The molecule has 7 nitrogen and oxygen atoms in total. The van der Waals surface area contributed by atoms with Crippen LogP contribution < -0.4 is 10.2 Å². The maximum Gasteiger partial charge on any atom is 0.408 e. The van der Waals surface area contributed by atoms with Gasteiger partial charge in [0.2, 0.25) is 5.95 Å². The van der Waals surface area contributed by atoms with Crippen LogP contribution in [0.15, 0.2) is 18.2 Å². The number of benzene rings is 1. The molecule has 1 aromatic carbocycles. The van der Waals surface area contributed by atoms with Gasteiger partial charge in [-0.2, -0.15) is 5.26 Å². The average molecular weight is 456 g/mol. The number of hydrogen-bond donors (Lipinski definition) is 1. The monoisotopic (exact) mass is 455 g/mol.